The number of allylic oxidation sites excluding steroid dienone is 1. The zero-order valence-corrected chi connectivity index (χ0v) is 17.5. The third-order valence-electron chi connectivity index (χ3n) is 5.75. The van der Waals surface area contributed by atoms with E-state index in [9.17, 15) is 13.2 Å². The molecular weight excluding hydrogens is 421 g/mol. The maximum Gasteiger partial charge on any atom is 0.434 e. The zero-order valence-electron chi connectivity index (χ0n) is 17.5. The summed E-state index contributed by atoms with van der Waals surface area (Å²) in [7, 11) is 0. The van der Waals surface area contributed by atoms with Gasteiger partial charge in [0.2, 0.25) is 0 Å². The minimum Gasteiger partial charge on any atom is -0.350 e. The molecule has 0 aromatic carbocycles. The van der Waals surface area contributed by atoms with Crippen LogP contribution in [0.15, 0.2) is 47.6 Å². The molecule has 0 bridgehead atoms. The average Bonchev–Trinajstić information content (AvgIpc) is 3.44. The molecule has 1 fully saturated rings. The van der Waals surface area contributed by atoms with Crippen LogP contribution in [-0.2, 0) is 6.18 Å². The van der Waals surface area contributed by atoms with Crippen LogP contribution in [0.25, 0.3) is 17.2 Å². The van der Waals surface area contributed by atoms with Gasteiger partial charge in [0.1, 0.15) is 11.5 Å². The molecule has 0 aliphatic carbocycles. The summed E-state index contributed by atoms with van der Waals surface area (Å²) >= 11 is 0. The van der Waals surface area contributed by atoms with E-state index >= 15 is 0 Å². The molecule has 3 atom stereocenters. The number of piperazine rings is 1. The molecule has 1 saturated heterocycles. The summed E-state index contributed by atoms with van der Waals surface area (Å²) in [5, 5.41) is 3.60. The molecule has 2 aliphatic rings. The van der Waals surface area contributed by atoms with E-state index in [1.807, 2.05) is 12.3 Å². The van der Waals surface area contributed by atoms with E-state index in [1.54, 1.807) is 6.20 Å². The van der Waals surface area contributed by atoms with Crippen molar-refractivity contribution in [3.63, 3.8) is 0 Å². The average molecular weight is 442 g/mol. The Hall–Kier alpha value is -3.34. The fourth-order valence-electron chi connectivity index (χ4n) is 4.20. The van der Waals surface area contributed by atoms with Gasteiger partial charge in [-0.25, -0.2) is 19.9 Å². The summed E-state index contributed by atoms with van der Waals surface area (Å²) in [5.74, 6) is 0.992. The molecular formula is C21H21F3N8. The van der Waals surface area contributed by atoms with E-state index in [-0.39, 0.29) is 23.8 Å². The Morgan fingerprint density at radius 1 is 1.12 bits per heavy atom. The molecule has 3 aromatic rings. The van der Waals surface area contributed by atoms with Crippen LogP contribution in [0.1, 0.15) is 26.0 Å². The topological polar surface area (TPSA) is 83.6 Å². The number of fused-ring (bicyclic) bond motifs is 1. The summed E-state index contributed by atoms with van der Waals surface area (Å²) in [6.07, 6.45) is 5.36. The first-order valence-electron chi connectivity index (χ1n) is 10.3. The molecule has 5 heterocycles. The van der Waals surface area contributed by atoms with E-state index in [1.165, 1.54) is 10.6 Å². The van der Waals surface area contributed by atoms with Gasteiger partial charge in [-0.15, -0.1) is 0 Å². The number of rotatable bonds is 3. The van der Waals surface area contributed by atoms with Crippen LogP contribution in [0.5, 0.6) is 0 Å². The van der Waals surface area contributed by atoms with Gasteiger partial charge in [-0.1, -0.05) is 6.08 Å². The Labute approximate surface area is 181 Å². The van der Waals surface area contributed by atoms with Crippen molar-refractivity contribution in [2.45, 2.75) is 44.6 Å². The van der Waals surface area contributed by atoms with Crippen molar-refractivity contribution in [2.75, 3.05) is 11.4 Å². The number of anilines is 1. The Balaban J connectivity index is 1.52. The molecule has 3 aromatic heterocycles. The van der Waals surface area contributed by atoms with Gasteiger partial charge < -0.3 is 10.2 Å². The van der Waals surface area contributed by atoms with Gasteiger partial charge in [0.25, 0.3) is 0 Å². The van der Waals surface area contributed by atoms with E-state index in [0.717, 1.165) is 31.1 Å². The number of halogens is 3. The van der Waals surface area contributed by atoms with Crippen LogP contribution >= 0.6 is 0 Å². The molecule has 11 heteroatoms. The van der Waals surface area contributed by atoms with Crippen LogP contribution in [0.4, 0.5) is 19.0 Å². The third-order valence-corrected chi connectivity index (χ3v) is 5.75. The predicted molar refractivity (Wildman–Crippen MR) is 113 cm³/mol. The van der Waals surface area contributed by atoms with Crippen LogP contribution in [-0.4, -0.2) is 55.2 Å². The van der Waals surface area contributed by atoms with Crippen LogP contribution < -0.4 is 10.2 Å². The van der Waals surface area contributed by atoms with E-state index in [4.69, 9.17) is 4.98 Å². The number of nitrogens with one attached hydrogen (secondary N) is 1. The normalized spacial score (nSPS) is 23.7. The van der Waals surface area contributed by atoms with Gasteiger partial charge in [-0.05, 0) is 19.9 Å². The predicted octanol–water partition coefficient (Wildman–Crippen LogP) is 3.12. The lowest BCUT2D eigenvalue weighted by molar-refractivity contribution is -0.141. The number of alkyl halides is 3. The number of imidazole rings is 1. The molecule has 166 valence electrons. The summed E-state index contributed by atoms with van der Waals surface area (Å²) in [6, 6.07) is 2.13. The molecule has 0 saturated carbocycles. The van der Waals surface area contributed by atoms with E-state index in [2.05, 4.69) is 50.1 Å². The second-order valence-electron chi connectivity index (χ2n) is 8.00. The molecule has 0 spiro atoms. The number of hydrogen-bond acceptors (Lipinski definition) is 7. The van der Waals surface area contributed by atoms with Crippen molar-refractivity contribution < 1.29 is 13.2 Å². The van der Waals surface area contributed by atoms with Crippen molar-refractivity contribution in [1.82, 2.24) is 29.7 Å². The van der Waals surface area contributed by atoms with Crippen molar-refractivity contribution in [1.29, 1.82) is 0 Å². The maximum absolute atomic E-state index is 13.2. The van der Waals surface area contributed by atoms with Crippen molar-refractivity contribution >= 4 is 17.7 Å². The fourth-order valence-corrected chi connectivity index (χ4v) is 4.20. The highest BCUT2D eigenvalue weighted by Gasteiger charge is 2.35. The van der Waals surface area contributed by atoms with Gasteiger partial charge >= 0.3 is 6.18 Å². The molecule has 0 radical (unpaired) electrons. The second-order valence-corrected chi connectivity index (χ2v) is 8.00. The highest BCUT2D eigenvalue weighted by molar-refractivity contribution is 5.65. The first kappa shape index (κ1) is 20.6. The number of aliphatic imine (C=N–C) groups is 1. The van der Waals surface area contributed by atoms with Crippen LogP contribution in [0, 0.1) is 0 Å². The lowest BCUT2D eigenvalue weighted by Crippen LogP contribution is -2.61. The molecule has 8 nitrogen and oxygen atoms in total. The Kier molecular flexibility index (Phi) is 4.92. The van der Waals surface area contributed by atoms with Gasteiger partial charge in [0, 0.05) is 43.7 Å². The molecule has 3 unspecified atom stereocenters. The number of aromatic nitrogens is 5. The Morgan fingerprint density at radius 2 is 1.97 bits per heavy atom. The monoisotopic (exact) mass is 442 g/mol. The highest BCUT2D eigenvalue weighted by Crippen LogP contribution is 2.30. The number of nitrogens with zero attached hydrogens (tertiary/aromatic N) is 7. The Morgan fingerprint density at radius 3 is 2.72 bits per heavy atom. The van der Waals surface area contributed by atoms with Crippen LogP contribution in [0.2, 0.25) is 0 Å². The molecule has 32 heavy (non-hydrogen) atoms. The molecule has 0 amide bonds. The largest absolute Gasteiger partial charge is 0.434 e. The van der Waals surface area contributed by atoms with Crippen LogP contribution in [0.3, 0.4) is 0 Å². The minimum atomic E-state index is -4.56. The summed E-state index contributed by atoms with van der Waals surface area (Å²) in [4.78, 5) is 23.3. The van der Waals surface area contributed by atoms with E-state index < -0.39 is 11.9 Å². The van der Waals surface area contributed by atoms with Gasteiger partial charge in [0.15, 0.2) is 17.2 Å². The zero-order chi connectivity index (χ0) is 22.5. The Bertz CT molecular complexity index is 1220. The SMILES string of the molecule is CC1CN(c2ccnc(-c3cnc4cnc(C(F)(F)F)cn34)n2)C(C)C(C2=CCC=N2)N1. The summed E-state index contributed by atoms with van der Waals surface area (Å²) in [6.45, 7) is 4.93. The minimum absolute atomic E-state index is 0.0483. The van der Waals surface area contributed by atoms with Gasteiger partial charge in [-0.2, -0.15) is 13.2 Å². The lowest BCUT2D eigenvalue weighted by Gasteiger charge is -2.44. The first-order chi connectivity index (χ1) is 15.3. The molecule has 1 N–H and O–H groups in total. The maximum atomic E-state index is 13.2. The number of hydrogen-bond donors (Lipinski definition) is 1. The molecule has 2 aliphatic heterocycles. The molecule has 5 rings (SSSR count). The van der Waals surface area contributed by atoms with Crippen molar-refractivity contribution in [3.8, 4) is 11.5 Å². The first-order valence-corrected chi connectivity index (χ1v) is 10.3. The quantitative estimate of drug-likeness (QED) is 0.671. The third kappa shape index (κ3) is 3.62. The van der Waals surface area contributed by atoms with E-state index in [0.29, 0.717) is 17.3 Å². The lowest BCUT2D eigenvalue weighted by atomic mass is 9.99. The standard InChI is InChI=1S/C21H21F3N8/c1-12-10-31(13(2)19(29-12)14-4-3-6-25-14)17-5-7-26-20(30-17)15-8-28-18-9-27-16(11-32(15)18)21(22,23)24/h4-9,11-13,19,29H,3,10H2,1-2H3. The van der Waals surface area contributed by atoms with Gasteiger partial charge in [-0.3, -0.25) is 9.39 Å². The smallest absolute Gasteiger partial charge is 0.350 e. The van der Waals surface area contributed by atoms with Crippen molar-refractivity contribution in [2.24, 2.45) is 4.99 Å². The highest BCUT2D eigenvalue weighted by atomic mass is 19.4. The summed E-state index contributed by atoms with van der Waals surface area (Å²) in [5.41, 5.74) is 0.665. The van der Waals surface area contributed by atoms with Crippen molar-refractivity contribution in [3.05, 3.63) is 48.3 Å². The fraction of sp³-hybridized carbons (Fsp3) is 0.381. The second kappa shape index (κ2) is 7.66. The summed E-state index contributed by atoms with van der Waals surface area (Å²) < 4.78 is 40.8. The van der Waals surface area contributed by atoms with Gasteiger partial charge in [0.05, 0.1) is 24.1 Å².